The molecule has 3 rings (SSSR count). The van der Waals surface area contributed by atoms with Crippen LogP contribution in [0.4, 0.5) is 8.78 Å². The molecule has 1 unspecified atom stereocenters. The van der Waals surface area contributed by atoms with E-state index in [1.54, 1.807) is 44.2 Å². The molecule has 2 aliphatic rings. The van der Waals surface area contributed by atoms with Crippen molar-refractivity contribution in [3.63, 3.8) is 0 Å². The van der Waals surface area contributed by atoms with Crippen molar-refractivity contribution in [1.82, 2.24) is 4.90 Å². The van der Waals surface area contributed by atoms with Crippen LogP contribution in [0.25, 0.3) is 0 Å². The summed E-state index contributed by atoms with van der Waals surface area (Å²) in [5, 5.41) is 11.0. The number of nitrogens with zero attached hydrogens (tertiary/aromatic N) is 2. The fourth-order valence-corrected chi connectivity index (χ4v) is 6.47. The molecular formula is C25H33ClF2N3O7P. The van der Waals surface area contributed by atoms with Gasteiger partial charge < -0.3 is 29.7 Å². The summed E-state index contributed by atoms with van der Waals surface area (Å²) in [5.74, 6) is -2.76. The van der Waals surface area contributed by atoms with E-state index >= 15 is 0 Å². The Labute approximate surface area is 230 Å². The molecule has 7 atom stereocenters. The van der Waals surface area contributed by atoms with E-state index in [0.29, 0.717) is 0 Å². The number of carbonyl (C=O) groups excluding carboxylic acids is 1. The molecule has 39 heavy (non-hydrogen) atoms. The average molecular weight is 592 g/mol. The maximum atomic E-state index is 14.3. The number of halogens is 3. The number of aliphatic imine (C=N–C) groups is 1. The first-order chi connectivity index (χ1) is 18.2. The lowest BCUT2D eigenvalue weighted by Gasteiger charge is -2.36. The molecule has 0 aliphatic carbocycles. The van der Waals surface area contributed by atoms with E-state index in [2.05, 4.69) is 11.6 Å². The number of nitrogens with two attached hydrogens (primary N) is 1. The van der Waals surface area contributed by atoms with Crippen molar-refractivity contribution in [2.75, 3.05) is 12.8 Å². The summed E-state index contributed by atoms with van der Waals surface area (Å²) < 4.78 is 65.1. The van der Waals surface area contributed by atoms with E-state index < -0.39 is 73.3 Å². The van der Waals surface area contributed by atoms with Crippen LogP contribution >= 0.6 is 19.2 Å². The summed E-state index contributed by atoms with van der Waals surface area (Å²) in [6.07, 6.45) is -5.66. The second kappa shape index (κ2) is 12.3. The van der Waals surface area contributed by atoms with Crippen LogP contribution < -0.4 is 10.3 Å². The molecular weight excluding hydrogens is 559 g/mol. The molecule has 0 radical (unpaired) electrons. The molecule has 0 aromatic heterocycles. The Kier molecular flexibility index (Phi) is 9.82. The topological polar surface area (TPSA) is 133 Å². The highest BCUT2D eigenvalue weighted by molar-refractivity contribution is 7.54. The molecule has 14 heteroatoms. The van der Waals surface area contributed by atoms with Crippen LogP contribution in [0.5, 0.6) is 5.75 Å². The fraction of sp³-hybridized carbons (Fsp3) is 0.520. The van der Waals surface area contributed by atoms with Crippen LogP contribution in [0.15, 0.2) is 59.8 Å². The van der Waals surface area contributed by atoms with E-state index in [0.717, 1.165) is 11.1 Å². The van der Waals surface area contributed by atoms with E-state index in [1.807, 2.05) is 0 Å². The molecule has 3 N–H and O–H groups in total. The van der Waals surface area contributed by atoms with Crippen LogP contribution in [-0.2, 0) is 23.4 Å². The second-order valence-electron chi connectivity index (χ2n) is 9.65. The van der Waals surface area contributed by atoms with Gasteiger partial charge in [-0.05, 0) is 32.9 Å². The highest BCUT2D eigenvalue weighted by Crippen LogP contribution is 2.53. The van der Waals surface area contributed by atoms with Gasteiger partial charge in [0.2, 0.25) is 0 Å². The SMILES string of the molecule is C=C1N=C(N)C(F)=CN1[C@@H]1O[C@H]([C@@H](C)O[P@](=O)(C[C@@H](C)C(=O)OC(C)C)Oc2ccccc2)[C@H](O)C1(Cl)CF. The number of hydrogen-bond donors (Lipinski definition) is 2. The molecule has 10 nitrogen and oxygen atoms in total. The average Bonchev–Trinajstić information content (AvgIpc) is 3.12. The van der Waals surface area contributed by atoms with Gasteiger partial charge in [0.1, 0.15) is 35.3 Å². The number of carbonyl (C=O) groups is 1. The minimum Gasteiger partial charge on any atom is -0.463 e. The predicted octanol–water partition coefficient (Wildman–Crippen LogP) is 4.24. The Bertz CT molecular complexity index is 1170. The van der Waals surface area contributed by atoms with Gasteiger partial charge in [-0.3, -0.25) is 9.32 Å². The molecule has 1 fully saturated rings. The first-order valence-electron chi connectivity index (χ1n) is 12.2. The fourth-order valence-electron chi connectivity index (χ4n) is 4.10. The number of ether oxygens (including phenoxy) is 2. The normalized spacial score (nSPS) is 28.4. The molecule has 0 bridgehead atoms. The lowest BCUT2D eigenvalue weighted by atomic mass is 9.97. The number of amidine groups is 1. The Hall–Kier alpha value is -2.50. The van der Waals surface area contributed by atoms with Gasteiger partial charge >= 0.3 is 13.6 Å². The van der Waals surface area contributed by atoms with E-state index in [9.17, 15) is 23.2 Å². The molecule has 1 aromatic rings. The third kappa shape index (κ3) is 6.99. The van der Waals surface area contributed by atoms with Crippen molar-refractivity contribution in [3.8, 4) is 5.75 Å². The Balaban J connectivity index is 1.87. The smallest absolute Gasteiger partial charge is 0.380 e. The van der Waals surface area contributed by atoms with Gasteiger partial charge in [-0.1, -0.05) is 31.7 Å². The summed E-state index contributed by atoms with van der Waals surface area (Å²) in [4.78, 5) is 15.1. The maximum absolute atomic E-state index is 14.3. The zero-order valence-electron chi connectivity index (χ0n) is 22.0. The Morgan fingerprint density at radius 2 is 1.97 bits per heavy atom. The molecule has 2 aliphatic heterocycles. The van der Waals surface area contributed by atoms with Gasteiger partial charge in [0.25, 0.3) is 0 Å². The van der Waals surface area contributed by atoms with Crippen molar-refractivity contribution in [2.45, 2.75) is 63.2 Å². The molecule has 1 saturated heterocycles. The lowest BCUT2D eigenvalue weighted by molar-refractivity contribution is -0.151. The number of hydrogen-bond acceptors (Lipinski definition) is 10. The van der Waals surface area contributed by atoms with Crippen molar-refractivity contribution in [2.24, 2.45) is 16.6 Å². The summed E-state index contributed by atoms with van der Waals surface area (Å²) in [6.45, 7) is 8.66. The zero-order chi connectivity index (χ0) is 29.1. The summed E-state index contributed by atoms with van der Waals surface area (Å²) in [6, 6.07) is 8.15. The number of aliphatic hydroxyl groups excluding tert-OH is 1. The van der Waals surface area contributed by atoms with Crippen molar-refractivity contribution >= 4 is 31.0 Å². The zero-order valence-corrected chi connectivity index (χ0v) is 23.6. The molecule has 216 valence electrons. The number of aliphatic hydroxyl groups is 1. The highest BCUT2D eigenvalue weighted by Gasteiger charge is 2.60. The van der Waals surface area contributed by atoms with Crippen molar-refractivity contribution < 1.29 is 41.8 Å². The van der Waals surface area contributed by atoms with E-state index in [-0.39, 0.29) is 17.7 Å². The molecule has 0 amide bonds. The van der Waals surface area contributed by atoms with E-state index in [4.69, 9.17) is 35.9 Å². The maximum Gasteiger partial charge on any atom is 0.380 e. The minimum absolute atomic E-state index is 0.102. The van der Waals surface area contributed by atoms with Crippen LogP contribution in [0.1, 0.15) is 27.7 Å². The number of benzene rings is 1. The van der Waals surface area contributed by atoms with Gasteiger partial charge in [-0.15, -0.1) is 11.6 Å². The molecule has 0 spiro atoms. The van der Waals surface area contributed by atoms with Crippen LogP contribution in [-0.4, -0.2) is 70.2 Å². The largest absolute Gasteiger partial charge is 0.463 e. The van der Waals surface area contributed by atoms with Gasteiger partial charge in [0.15, 0.2) is 17.9 Å². The second-order valence-corrected chi connectivity index (χ2v) is 12.3. The third-order valence-corrected chi connectivity index (χ3v) is 8.68. The first kappa shape index (κ1) is 31.0. The standard InChI is InChI=1S/C25H33ClF2N3O7P/c1-14(2)35-23(33)15(3)12-39(34,38-18-9-7-6-8-10-18)37-16(4)20-21(32)25(26,13-27)24(36-20)31-11-19(28)22(29)30-17(31)5/h6-11,14-16,20-21,24,32H,5,12-13H2,1-4H3,(H2,29,30)/t15-,16-,20-,21+,24-,25?,39-/m1/s1. The Morgan fingerprint density at radius 1 is 1.33 bits per heavy atom. The molecule has 2 heterocycles. The van der Waals surface area contributed by atoms with Gasteiger partial charge in [-0.25, -0.2) is 18.3 Å². The predicted molar refractivity (Wildman–Crippen MR) is 142 cm³/mol. The van der Waals surface area contributed by atoms with Crippen LogP contribution in [0, 0.1) is 5.92 Å². The van der Waals surface area contributed by atoms with Crippen molar-refractivity contribution in [3.05, 3.63) is 54.8 Å². The van der Waals surface area contributed by atoms with Crippen LogP contribution in [0.3, 0.4) is 0 Å². The van der Waals surface area contributed by atoms with Crippen molar-refractivity contribution in [1.29, 1.82) is 0 Å². The summed E-state index contributed by atoms with van der Waals surface area (Å²) in [7, 11) is -4.13. The van der Waals surface area contributed by atoms with Crippen LogP contribution in [0.2, 0.25) is 0 Å². The number of esters is 1. The Morgan fingerprint density at radius 3 is 2.56 bits per heavy atom. The number of para-hydroxylation sites is 1. The summed E-state index contributed by atoms with van der Waals surface area (Å²) >= 11 is 6.49. The van der Waals surface area contributed by atoms with Gasteiger partial charge in [0.05, 0.1) is 24.3 Å². The minimum atomic E-state index is -4.13. The van der Waals surface area contributed by atoms with Gasteiger partial charge in [-0.2, -0.15) is 0 Å². The first-order valence-corrected chi connectivity index (χ1v) is 14.3. The lowest BCUT2D eigenvalue weighted by Crippen LogP contribution is -2.52. The third-order valence-electron chi connectivity index (χ3n) is 6.03. The summed E-state index contributed by atoms with van der Waals surface area (Å²) in [5.41, 5.74) is 5.48. The highest BCUT2D eigenvalue weighted by atomic mass is 35.5. The quantitative estimate of drug-likeness (QED) is 0.220. The van der Waals surface area contributed by atoms with E-state index in [1.165, 1.54) is 13.8 Å². The molecule has 1 aromatic carbocycles. The number of alkyl halides is 2. The number of rotatable bonds is 11. The monoisotopic (exact) mass is 591 g/mol. The molecule has 0 saturated carbocycles. The van der Waals surface area contributed by atoms with Gasteiger partial charge in [0, 0.05) is 6.20 Å².